The second kappa shape index (κ2) is 6.56. The third-order valence-corrected chi connectivity index (χ3v) is 2.45. The average molecular weight is 228 g/mol. The highest BCUT2D eigenvalue weighted by atomic mass is 32.2. The summed E-state index contributed by atoms with van der Waals surface area (Å²) >= 11 is 1.66. The number of ether oxygens (including phenoxy) is 1. The zero-order valence-corrected chi connectivity index (χ0v) is 9.93. The van der Waals surface area contributed by atoms with Crippen molar-refractivity contribution < 1.29 is 13.9 Å². The third-order valence-electron chi connectivity index (χ3n) is 1.88. The molecule has 4 heteroatoms. The van der Waals surface area contributed by atoms with Crippen LogP contribution >= 0.6 is 11.8 Å². The van der Waals surface area contributed by atoms with Gasteiger partial charge in [-0.1, -0.05) is 13.3 Å². The molecule has 0 aliphatic heterocycles. The molecule has 0 bridgehead atoms. The lowest BCUT2D eigenvalue weighted by atomic mass is 10.4. The van der Waals surface area contributed by atoms with Crippen molar-refractivity contribution in [3.8, 4) is 0 Å². The molecule has 3 nitrogen and oxygen atoms in total. The fourth-order valence-electron chi connectivity index (χ4n) is 1.09. The van der Waals surface area contributed by atoms with Gasteiger partial charge in [-0.3, -0.25) is 0 Å². The second-order valence-electron chi connectivity index (χ2n) is 3.19. The van der Waals surface area contributed by atoms with Gasteiger partial charge in [0, 0.05) is 0 Å². The number of esters is 1. The van der Waals surface area contributed by atoms with Crippen LogP contribution in [-0.2, 0) is 10.5 Å². The summed E-state index contributed by atoms with van der Waals surface area (Å²) in [7, 11) is 0. The molecule has 84 valence electrons. The molecule has 1 rings (SSSR count). The van der Waals surface area contributed by atoms with Crippen molar-refractivity contribution in [2.45, 2.75) is 25.5 Å². The van der Waals surface area contributed by atoms with Crippen LogP contribution in [0.1, 0.15) is 36.1 Å². The van der Waals surface area contributed by atoms with Crippen molar-refractivity contribution in [2.24, 2.45) is 0 Å². The highest BCUT2D eigenvalue weighted by molar-refractivity contribution is 7.97. The van der Waals surface area contributed by atoms with Crippen molar-refractivity contribution in [2.75, 3.05) is 12.9 Å². The fourth-order valence-corrected chi connectivity index (χ4v) is 1.53. The summed E-state index contributed by atoms with van der Waals surface area (Å²) in [6.07, 6.45) is 3.90. The lowest BCUT2D eigenvalue weighted by molar-refractivity contribution is 0.0462. The summed E-state index contributed by atoms with van der Waals surface area (Å²) < 4.78 is 10.3. The molecule has 0 aliphatic rings. The number of carbonyl (C=O) groups excluding carboxylic acids is 1. The Bertz CT molecular complexity index is 307. The number of carbonyl (C=O) groups is 1. The van der Waals surface area contributed by atoms with E-state index < -0.39 is 0 Å². The molecular formula is C11H16O3S. The minimum Gasteiger partial charge on any atom is -0.460 e. The summed E-state index contributed by atoms with van der Waals surface area (Å²) in [6, 6.07) is 3.48. The van der Waals surface area contributed by atoms with E-state index in [1.54, 1.807) is 17.8 Å². The van der Waals surface area contributed by atoms with Crippen LogP contribution in [-0.4, -0.2) is 18.8 Å². The van der Waals surface area contributed by atoms with E-state index in [0.29, 0.717) is 12.4 Å². The molecule has 0 fully saturated rings. The normalized spacial score (nSPS) is 10.3. The Morgan fingerprint density at radius 2 is 2.33 bits per heavy atom. The highest BCUT2D eigenvalue weighted by Gasteiger charge is 2.11. The molecule has 0 amide bonds. The Morgan fingerprint density at radius 1 is 1.53 bits per heavy atom. The van der Waals surface area contributed by atoms with Crippen LogP contribution in [0.15, 0.2) is 16.5 Å². The number of hydrogen-bond donors (Lipinski definition) is 0. The lowest BCUT2D eigenvalue weighted by Crippen LogP contribution is -2.04. The number of unbranched alkanes of at least 4 members (excludes halogenated alkanes) is 1. The van der Waals surface area contributed by atoms with Gasteiger partial charge in [0.2, 0.25) is 5.76 Å². The number of furan rings is 1. The smallest absolute Gasteiger partial charge is 0.374 e. The first-order chi connectivity index (χ1) is 7.27. The molecule has 1 aromatic rings. The van der Waals surface area contributed by atoms with Gasteiger partial charge in [-0.15, -0.1) is 0 Å². The summed E-state index contributed by atoms with van der Waals surface area (Å²) in [5.41, 5.74) is 0. The molecular weight excluding hydrogens is 212 g/mol. The van der Waals surface area contributed by atoms with Gasteiger partial charge >= 0.3 is 5.97 Å². The number of hydrogen-bond acceptors (Lipinski definition) is 4. The van der Waals surface area contributed by atoms with E-state index in [2.05, 4.69) is 6.92 Å². The third kappa shape index (κ3) is 4.00. The second-order valence-corrected chi connectivity index (χ2v) is 4.05. The maximum absolute atomic E-state index is 11.4. The van der Waals surface area contributed by atoms with E-state index >= 15 is 0 Å². The quantitative estimate of drug-likeness (QED) is 0.554. The molecule has 0 N–H and O–H groups in total. The lowest BCUT2D eigenvalue weighted by Gasteiger charge is -2.00. The van der Waals surface area contributed by atoms with Crippen LogP contribution in [0, 0.1) is 0 Å². The van der Waals surface area contributed by atoms with E-state index in [-0.39, 0.29) is 5.97 Å². The van der Waals surface area contributed by atoms with Gasteiger partial charge < -0.3 is 9.15 Å². The first kappa shape index (κ1) is 12.2. The standard InChI is InChI=1S/C11H16O3S/c1-3-4-7-13-11(12)10-6-5-9(14-10)8-15-2/h5-6H,3-4,7-8H2,1-2H3. The fraction of sp³-hybridized carbons (Fsp3) is 0.545. The van der Waals surface area contributed by atoms with Crippen molar-refractivity contribution in [1.29, 1.82) is 0 Å². The van der Waals surface area contributed by atoms with Crippen molar-refractivity contribution in [1.82, 2.24) is 0 Å². The monoisotopic (exact) mass is 228 g/mol. The van der Waals surface area contributed by atoms with Crippen molar-refractivity contribution in [3.05, 3.63) is 23.7 Å². The molecule has 0 unspecified atom stereocenters. The molecule has 0 atom stereocenters. The van der Waals surface area contributed by atoms with Crippen molar-refractivity contribution in [3.63, 3.8) is 0 Å². The minimum atomic E-state index is -0.365. The van der Waals surface area contributed by atoms with Gasteiger partial charge in [-0.25, -0.2) is 4.79 Å². The van der Waals surface area contributed by atoms with Gasteiger partial charge in [0.1, 0.15) is 5.76 Å². The van der Waals surface area contributed by atoms with E-state index in [1.165, 1.54) is 0 Å². The van der Waals surface area contributed by atoms with E-state index in [1.807, 2.05) is 12.3 Å². The number of thioether (sulfide) groups is 1. The highest BCUT2D eigenvalue weighted by Crippen LogP contribution is 2.14. The van der Waals surface area contributed by atoms with Crippen LogP contribution in [0.5, 0.6) is 0 Å². The first-order valence-electron chi connectivity index (χ1n) is 5.02. The van der Waals surface area contributed by atoms with Crippen LogP contribution in [0.25, 0.3) is 0 Å². The molecule has 1 heterocycles. The van der Waals surface area contributed by atoms with E-state index in [9.17, 15) is 4.79 Å². The summed E-state index contributed by atoms with van der Waals surface area (Å²) in [6.45, 7) is 2.52. The van der Waals surface area contributed by atoms with E-state index in [4.69, 9.17) is 9.15 Å². The largest absolute Gasteiger partial charge is 0.460 e. The van der Waals surface area contributed by atoms with Gasteiger partial charge in [-0.05, 0) is 24.8 Å². The predicted octanol–water partition coefficient (Wildman–Crippen LogP) is 3.10. The van der Waals surface area contributed by atoms with Crippen molar-refractivity contribution >= 4 is 17.7 Å². The summed E-state index contributed by atoms with van der Waals surface area (Å²) in [4.78, 5) is 11.4. The zero-order valence-electron chi connectivity index (χ0n) is 9.12. The summed E-state index contributed by atoms with van der Waals surface area (Å²) in [5.74, 6) is 1.53. The van der Waals surface area contributed by atoms with Gasteiger partial charge in [-0.2, -0.15) is 11.8 Å². The molecule has 0 aliphatic carbocycles. The van der Waals surface area contributed by atoms with Gasteiger partial charge in [0.05, 0.1) is 12.4 Å². The Labute approximate surface area is 94.2 Å². The van der Waals surface area contributed by atoms with Gasteiger partial charge in [0.15, 0.2) is 0 Å². The number of rotatable bonds is 6. The summed E-state index contributed by atoms with van der Waals surface area (Å²) in [5, 5.41) is 0. The first-order valence-corrected chi connectivity index (χ1v) is 6.42. The van der Waals surface area contributed by atoms with Crippen LogP contribution in [0.2, 0.25) is 0 Å². The van der Waals surface area contributed by atoms with E-state index in [0.717, 1.165) is 24.4 Å². The van der Waals surface area contributed by atoms with Gasteiger partial charge in [0.25, 0.3) is 0 Å². The Morgan fingerprint density at radius 3 is 3.00 bits per heavy atom. The molecule has 0 saturated carbocycles. The van der Waals surface area contributed by atoms with Crippen LogP contribution in [0.4, 0.5) is 0 Å². The molecule has 1 aromatic heterocycles. The van der Waals surface area contributed by atoms with Crippen LogP contribution < -0.4 is 0 Å². The Hall–Kier alpha value is -0.900. The molecule has 0 spiro atoms. The topological polar surface area (TPSA) is 39.4 Å². The Kier molecular flexibility index (Phi) is 5.32. The minimum absolute atomic E-state index is 0.301. The zero-order chi connectivity index (χ0) is 11.1. The predicted molar refractivity (Wildman–Crippen MR) is 61.1 cm³/mol. The molecule has 0 saturated heterocycles. The molecule has 15 heavy (non-hydrogen) atoms. The molecule has 0 aromatic carbocycles. The maximum Gasteiger partial charge on any atom is 0.374 e. The Balaban J connectivity index is 2.43. The molecule has 0 radical (unpaired) electrons. The maximum atomic E-state index is 11.4. The average Bonchev–Trinajstić information content (AvgIpc) is 2.67. The SMILES string of the molecule is CCCCOC(=O)c1ccc(CSC)o1. The van der Waals surface area contributed by atoms with Crippen LogP contribution in [0.3, 0.4) is 0 Å².